The number of hydrogen-bond acceptors (Lipinski definition) is 2. The first-order valence-corrected chi connectivity index (χ1v) is 5.70. The lowest BCUT2D eigenvalue weighted by Crippen LogP contribution is -2.10. The van der Waals surface area contributed by atoms with E-state index in [9.17, 15) is 0 Å². The van der Waals surface area contributed by atoms with Crippen molar-refractivity contribution in [2.75, 3.05) is 27.2 Å². The van der Waals surface area contributed by atoms with Gasteiger partial charge in [0.05, 0.1) is 0 Å². The quantitative estimate of drug-likeness (QED) is 0.797. The third kappa shape index (κ3) is 5.55. The first-order chi connectivity index (χ1) is 7.33. The Morgan fingerprint density at radius 3 is 2.13 bits per heavy atom. The zero-order valence-corrected chi connectivity index (χ0v) is 9.87. The van der Waals surface area contributed by atoms with Crippen LogP contribution in [-0.4, -0.2) is 32.1 Å². The normalized spacial score (nSPS) is 15.9. The van der Waals surface area contributed by atoms with Gasteiger partial charge in [0.15, 0.2) is 0 Å². The molecule has 1 N–H and O–H groups in total. The van der Waals surface area contributed by atoms with Gasteiger partial charge < -0.3 is 10.2 Å². The molecule has 1 fully saturated rings. The van der Waals surface area contributed by atoms with Crippen molar-refractivity contribution in [1.29, 1.82) is 0 Å². The lowest BCUT2D eigenvalue weighted by Gasteiger charge is -2.01. The Kier molecular flexibility index (Phi) is 6.05. The number of nitrogens with zero attached hydrogens (tertiary/aromatic N) is 1. The van der Waals surface area contributed by atoms with Gasteiger partial charge in [0.1, 0.15) is 0 Å². The summed E-state index contributed by atoms with van der Waals surface area (Å²) in [5.74, 6) is 0. The minimum atomic E-state index is 0.959. The van der Waals surface area contributed by atoms with Crippen molar-refractivity contribution < 1.29 is 0 Å². The van der Waals surface area contributed by atoms with E-state index in [1.165, 1.54) is 31.5 Å². The van der Waals surface area contributed by atoms with E-state index in [1.807, 2.05) is 25.2 Å². The molecule has 0 bridgehead atoms. The molecule has 1 aromatic rings. The molecule has 1 saturated heterocycles. The largest absolute Gasteiger partial charge is 0.316 e. The van der Waals surface area contributed by atoms with Gasteiger partial charge in [-0.05, 0) is 45.6 Å². The molecule has 0 aromatic heterocycles. The molecule has 0 radical (unpaired) electrons. The predicted octanol–water partition coefficient (Wildman–Crippen LogP) is 2.12. The summed E-state index contributed by atoms with van der Waals surface area (Å²) >= 11 is 0. The van der Waals surface area contributed by atoms with E-state index in [1.54, 1.807) is 0 Å². The summed E-state index contributed by atoms with van der Waals surface area (Å²) in [5.41, 5.74) is 1.33. The second kappa shape index (κ2) is 7.43. The van der Waals surface area contributed by atoms with Crippen molar-refractivity contribution in [3.63, 3.8) is 0 Å². The Hall–Kier alpha value is -0.860. The molecule has 0 unspecified atom stereocenters. The number of hydrogen-bond donors (Lipinski definition) is 1. The molecule has 2 heteroatoms. The van der Waals surface area contributed by atoms with Gasteiger partial charge in [0.2, 0.25) is 0 Å². The van der Waals surface area contributed by atoms with Crippen LogP contribution < -0.4 is 5.32 Å². The van der Waals surface area contributed by atoms with E-state index < -0.39 is 0 Å². The van der Waals surface area contributed by atoms with Crippen molar-refractivity contribution in [3.8, 4) is 0 Å². The number of rotatable bonds is 2. The van der Waals surface area contributed by atoms with E-state index in [2.05, 4.69) is 29.4 Å². The molecule has 2 nitrogen and oxygen atoms in total. The lowest BCUT2D eigenvalue weighted by atomic mass is 10.2. The average Bonchev–Trinajstić information content (AvgIpc) is 2.72. The molecular weight excluding hydrogens is 184 g/mol. The van der Waals surface area contributed by atoms with Crippen molar-refractivity contribution in [3.05, 3.63) is 35.9 Å². The van der Waals surface area contributed by atoms with Crippen LogP contribution in [0.4, 0.5) is 0 Å². The first-order valence-electron chi connectivity index (χ1n) is 5.70. The van der Waals surface area contributed by atoms with Gasteiger partial charge in [-0.25, -0.2) is 0 Å². The van der Waals surface area contributed by atoms with Crippen LogP contribution in [0, 0.1) is 0 Å². The molecule has 1 heterocycles. The summed E-state index contributed by atoms with van der Waals surface area (Å²) in [5, 5.41) is 3.08. The zero-order chi connectivity index (χ0) is 10.9. The number of nitrogens with one attached hydrogen (secondary N) is 1. The highest BCUT2D eigenvalue weighted by Crippen LogP contribution is 2.02. The molecule has 1 aliphatic heterocycles. The maximum absolute atomic E-state index is 3.08. The molecule has 0 aliphatic carbocycles. The SMILES string of the molecule is CN1CCCC1.CNCc1ccccc1. The fraction of sp³-hybridized carbons (Fsp3) is 0.538. The van der Waals surface area contributed by atoms with E-state index in [-0.39, 0.29) is 0 Å². The summed E-state index contributed by atoms with van der Waals surface area (Å²) in [6.07, 6.45) is 2.83. The van der Waals surface area contributed by atoms with Crippen molar-refractivity contribution in [1.82, 2.24) is 10.2 Å². The van der Waals surface area contributed by atoms with E-state index >= 15 is 0 Å². The van der Waals surface area contributed by atoms with Gasteiger partial charge >= 0.3 is 0 Å². The van der Waals surface area contributed by atoms with Gasteiger partial charge in [-0.2, -0.15) is 0 Å². The van der Waals surface area contributed by atoms with Crippen LogP contribution in [-0.2, 0) is 6.54 Å². The third-order valence-electron chi connectivity index (χ3n) is 2.55. The molecular formula is C13H22N2. The van der Waals surface area contributed by atoms with E-state index in [4.69, 9.17) is 0 Å². The zero-order valence-electron chi connectivity index (χ0n) is 9.87. The molecule has 1 aliphatic rings. The summed E-state index contributed by atoms with van der Waals surface area (Å²) in [6.45, 7) is 3.60. The molecule has 0 spiro atoms. The maximum atomic E-state index is 3.08. The highest BCUT2D eigenvalue weighted by atomic mass is 15.1. The van der Waals surface area contributed by atoms with E-state index in [0.717, 1.165) is 6.54 Å². The molecule has 1 aromatic carbocycles. The Morgan fingerprint density at radius 2 is 1.73 bits per heavy atom. The van der Waals surface area contributed by atoms with Crippen LogP contribution >= 0.6 is 0 Å². The molecule has 15 heavy (non-hydrogen) atoms. The fourth-order valence-electron chi connectivity index (χ4n) is 1.68. The second-order valence-electron chi connectivity index (χ2n) is 4.03. The molecule has 0 atom stereocenters. The summed E-state index contributed by atoms with van der Waals surface area (Å²) in [7, 11) is 4.12. The van der Waals surface area contributed by atoms with Crippen LogP contribution in [0.25, 0.3) is 0 Å². The van der Waals surface area contributed by atoms with Gasteiger partial charge in [-0.15, -0.1) is 0 Å². The molecule has 0 amide bonds. The minimum Gasteiger partial charge on any atom is -0.316 e. The fourth-order valence-corrected chi connectivity index (χ4v) is 1.68. The van der Waals surface area contributed by atoms with Crippen molar-refractivity contribution in [2.45, 2.75) is 19.4 Å². The Labute approximate surface area is 93.3 Å². The van der Waals surface area contributed by atoms with Crippen molar-refractivity contribution in [2.24, 2.45) is 0 Å². The number of benzene rings is 1. The monoisotopic (exact) mass is 206 g/mol. The third-order valence-corrected chi connectivity index (χ3v) is 2.55. The van der Waals surface area contributed by atoms with Crippen LogP contribution in [0.15, 0.2) is 30.3 Å². The molecule has 0 saturated carbocycles. The summed E-state index contributed by atoms with van der Waals surface area (Å²) in [4.78, 5) is 2.36. The smallest absolute Gasteiger partial charge is 0.0202 e. The van der Waals surface area contributed by atoms with Gasteiger partial charge in [0.25, 0.3) is 0 Å². The van der Waals surface area contributed by atoms with Crippen molar-refractivity contribution >= 4 is 0 Å². The van der Waals surface area contributed by atoms with Gasteiger partial charge in [-0.3, -0.25) is 0 Å². The maximum Gasteiger partial charge on any atom is 0.0202 e. The molecule has 2 rings (SSSR count). The summed E-state index contributed by atoms with van der Waals surface area (Å²) in [6, 6.07) is 10.3. The van der Waals surface area contributed by atoms with Gasteiger partial charge in [-0.1, -0.05) is 30.3 Å². The lowest BCUT2D eigenvalue weighted by molar-refractivity contribution is 0.418. The van der Waals surface area contributed by atoms with Crippen LogP contribution in [0.5, 0.6) is 0 Å². The number of likely N-dealkylation sites (tertiary alicyclic amines) is 1. The second-order valence-corrected chi connectivity index (χ2v) is 4.03. The van der Waals surface area contributed by atoms with E-state index in [0.29, 0.717) is 0 Å². The summed E-state index contributed by atoms with van der Waals surface area (Å²) < 4.78 is 0. The first kappa shape index (κ1) is 12.2. The standard InChI is InChI=1S/C8H11N.C5H11N/c1-9-7-8-5-3-2-4-6-8;1-6-4-2-3-5-6/h2-6,9H,7H2,1H3;2-5H2,1H3. The Bertz CT molecular complexity index is 240. The Balaban J connectivity index is 0.000000162. The Morgan fingerprint density at radius 1 is 1.13 bits per heavy atom. The highest BCUT2D eigenvalue weighted by Gasteiger charge is 2.03. The van der Waals surface area contributed by atoms with Crippen LogP contribution in [0.2, 0.25) is 0 Å². The van der Waals surface area contributed by atoms with Crippen LogP contribution in [0.3, 0.4) is 0 Å². The minimum absolute atomic E-state index is 0.959. The molecule has 84 valence electrons. The average molecular weight is 206 g/mol. The van der Waals surface area contributed by atoms with Gasteiger partial charge in [0, 0.05) is 6.54 Å². The topological polar surface area (TPSA) is 15.3 Å². The predicted molar refractivity (Wildman–Crippen MR) is 65.9 cm³/mol. The van der Waals surface area contributed by atoms with Crippen LogP contribution in [0.1, 0.15) is 18.4 Å². The highest BCUT2D eigenvalue weighted by molar-refractivity contribution is 5.13.